The largest absolute Gasteiger partial charge is 0.348 e. The fourth-order valence-corrected chi connectivity index (χ4v) is 4.73. The van der Waals surface area contributed by atoms with Crippen LogP contribution in [0.5, 0.6) is 0 Å². The Balaban J connectivity index is 1.32. The Morgan fingerprint density at radius 3 is 2.45 bits per heavy atom. The van der Waals surface area contributed by atoms with Gasteiger partial charge < -0.3 is 10.6 Å². The molecule has 4 rings (SSSR count). The molecule has 1 atom stereocenters. The third-order valence-corrected chi connectivity index (χ3v) is 6.43. The molecule has 2 heterocycles. The van der Waals surface area contributed by atoms with Gasteiger partial charge in [-0.1, -0.05) is 54.6 Å². The SMILES string of the molecule is O=C(NCCc1ccccc1)C(=O)NC[C@H](c1ccsc1)N1CCc2ccccc2C1. The molecule has 1 aliphatic heterocycles. The smallest absolute Gasteiger partial charge is 0.309 e. The molecular weight excluding hydrogens is 406 g/mol. The molecule has 160 valence electrons. The van der Waals surface area contributed by atoms with Crippen molar-refractivity contribution in [3.8, 4) is 0 Å². The molecule has 5 nitrogen and oxygen atoms in total. The summed E-state index contributed by atoms with van der Waals surface area (Å²) in [7, 11) is 0. The number of amides is 2. The van der Waals surface area contributed by atoms with E-state index in [-0.39, 0.29) is 6.04 Å². The molecule has 1 aliphatic rings. The van der Waals surface area contributed by atoms with Gasteiger partial charge in [0, 0.05) is 26.2 Å². The summed E-state index contributed by atoms with van der Waals surface area (Å²) in [6.45, 7) is 2.61. The molecule has 0 saturated heterocycles. The van der Waals surface area contributed by atoms with Crippen LogP contribution in [-0.2, 0) is 29.0 Å². The molecular formula is C25H27N3O2S. The Hall–Kier alpha value is -2.96. The Labute approximate surface area is 187 Å². The maximum absolute atomic E-state index is 12.4. The molecule has 31 heavy (non-hydrogen) atoms. The van der Waals surface area contributed by atoms with Crippen LogP contribution >= 0.6 is 11.3 Å². The molecule has 0 fully saturated rings. The van der Waals surface area contributed by atoms with Gasteiger partial charge in [-0.2, -0.15) is 11.3 Å². The summed E-state index contributed by atoms with van der Waals surface area (Å²) in [6, 6.07) is 20.6. The van der Waals surface area contributed by atoms with E-state index in [1.807, 2.05) is 30.3 Å². The zero-order valence-corrected chi connectivity index (χ0v) is 18.2. The molecule has 0 aliphatic carbocycles. The first kappa shape index (κ1) is 21.3. The number of carbonyl (C=O) groups excluding carboxylic acids is 2. The van der Waals surface area contributed by atoms with Crippen LogP contribution in [0.2, 0.25) is 0 Å². The summed E-state index contributed by atoms with van der Waals surface area (Å²) in [5, 5.41) is 9.75. The van der Waals surface area contributed by atoms with Crippen LogP contribution in [0.4, 0.5) is 0 Å². The number of fused-ring (bicyclic) bond motifs is 1. The molecule has 0 saturated carbocycles. The lowest BCUT2D eigenvalue weighted by molar-refractivity contribution is -0.139. The van der Waals surface area contributed by atoms with E-state index >= 15 is 0 Å². The summed E-state index contributed by atoms with van der Waals surface area (Å²) < 4.78 is 0. The Morgan fingerprint density at radius 1 is 0.935 bits per heavy atom. The first-order valence-electron chi connectivity index (χ1n) is 10.6. The Morgan fingerprint density at radius 2 is 1.68 bits per heavy atom. The molecule has 2 amide bonds. The van der Waals surface area contributed by atoms with Gasteiger partial charge in [0.15, 0.2) is 0 Å². The lowest BCUT2D eigenvalue weighted by Crippen LogP contribution is -2.45. The standard InChI is InChI=1S/C25H27N3O2S/c29-24(26-13-10-19-6-2-1-3-7-19)25(30)27-16-23(22-12-15-31-18-22)28-14-11-20-8-4-5-9-21(20)17-28/h1-9,12,15,18,23H,10-11,13-14,16-17H2,(H,26,29)(H,27,30)/t23-/m1/s1. The van der Waals surface area contributed by atoms with Crippen molar-refractivity contribution in [2.24, 2.45) is 0 Å². The molecule has 0 unspecified atom stereocenters. The molecule has 1 aromatic heterocycles. The number of carbonyl (C=O) groups is 2. The first-order chi connectivity index (χ1) is 15.2. The molecule has 2 aromatic carbocycles. The molecule has 2 N–H and O–H groups in total. The fraction of sp³-hybridized carbons (Fsp3) is 0.280. The quantitative estimate of drug-likeness (QED) is 0.562. The average Bonchev–Trinajstić information content (AvgIpc) is 3.34. The van der Waals surface area contributed by atoms with E-state index in [0.717, 1.165) is 25.1 Å². The van der Waals surface area contributed by atoms with Gasteiger partial charge in [-0.15, -0.1) is 0 Å². The second kappa shape index (κ2) is 10.4. The van der Waals surface area contributed by atoms with E-state index < -0.39 is 11.8 Å². The van der Waals surface area contributed by atoms with Crippen LogP contribution < -0.4 is 10.6 Å². The number of benzene rings is 2. The van der Waals surface area contributed by atoms with Crippen molar-refractivity contribution in [3.63, 3.8) is 0 Å². The normalized spacial score (nSPS) is 14.5. The van der Waals surface area contributed by atoms with Crippen molar-refractivity contribution in [1.29, 1.82) is 0 Å². The van der Waals surface area contributed by atoms with Gasteiger partial charge in [0.05, 0.1) is 6.04 Å². The number of hydrogen-bond donors (Lipinski definition) is 2. The molecule has 0 bridgehead atoms. The highest BCUT2D eigenvalue weighted by molar-refractivity contribution is 7.08. The van der Waals surface area contributed by atoms with Gasteiger partial charge in [-0.05, 0) is 51.9 Å². The highest BCUT2D eigenvalue weighted by atomic mass is 32.1. The predicted molar refractivity (Wildman–Crippen MR) is 124 cm³/mol. The van der Waals surface area contributed by atoms with E-state index in [1.165, 1.54) is 16.7 Å². The lowest BCUT2D eigenvalue weighted by Gasteiger charge is -2.35. The lowest BCUT2D eigenvalue weighted by atomic mass is 9.97. The van der Waals surface area contributed by atoms with E-state index in [9.17, 15) is 9.59 Å². The van der Waals surface area contributed by atoms with Gasteiger partial charge >= 0.3 is 11.8 Å². The maximum atomic E-state index is 12.4. The third-order valence-electron chi connectivity index (χ3n) is 5.73. The predicted octanol–water partition coefficient (Wildman–Crippen LogP) is 3.32. The minimum absolute atomic E-state index is 0.0423. The van der Waals surface area contributed by atoms with Gasteiger partial charge in [-0.3, -0.25) is 14.5 Å². The Kier molecular flexibility index (Phi) is 7.12. The first-order valence-corrected chi connectivity index (χ1v) is 11.6. The van der Waals surface area contributed by atoms with Gasteiger partial charge in [-0.25, -0.2) is 0 Å². The van der Waals surface area contributed by atoms with Crippen LogP contribution in [0.1, 0.15) is 28.3 Å². The average molecular weight is 434 g/mol. The van der Waals surface area contributed by atoms with Gasteiger partial charge in [0.2, 0.25) is 0 Å². The molecule has 6 heteroatoms. The molecule has 0 radical (unpaired) electrons. The number of thiophene rings is 1. The van der Waals surface area contributed by atoms with Crippen LogP contribution in [0, 0.1) is 0 Å². The summed E-state index contributed by atoms with van der Waals surface area (Å²) >= 11 is 1.65. The highest BCUT2D eigenvalue weighted by Gasteiger charge is 2.26. The van der Waals surface area contributed by atoms with E-state index in [1.54, 1.807) is 11.3 Å². The van der Waals surface area contributed by atoms with Crippen molar-refractivity contribution in [3.05, 3.63) is 93.7 Å². The van der Waals surface area contributed by atoms with Crippen molar-refractivity contribution in [1.82, 2.24) is 15.5 Å². The summed E-state index contributed by atoms with van der Waals surface area (Å²) in [5.74, 6) is -1.16. The summed E-state index contributed by atoms with van der Waals surface area (Å²) in [6.07, 6.45) is 1.69. The number of nitrogens with zero attached hydrogens (tertiary/aromatic N) is 1. The summed E-state index contributed by atoms with van der Waals surface area (Å²) in [4.78, 5) is 27.0. The topological polar surface area (TPSA) is 61.4 Å². The molecule has 3 aromatic rings. The van der Waals surface area contributed by atoms with Crippen molar-refractivity contribution in [2.45, 2.75) is 25.4 Å². The van der Waals surface area contributed by atoms with E-state index in [4.69, 9.17) is 0 Å². The molecule has 0 spiro atoms. The second-order valence-electron chi connectivity index (χ2n) is 7.76. The van der Waals surface area contributed by atoms with Crippen LogP contribution in [0.25, 0.3) is 0 Å². The monoisotopic (exact) mass is 433 g/mol. The van der Waals surface area contributed by atoms with Crippen molar-refractivity contribution >= 4 is 23.2 Å². The van der Waals surface area contributed by atoms with Gasteiger partial charge in [0.25, 0.3) is 0 Å². The Bertz CT molecular complexity index is 1000. The van der Waals surface area contributed by atoms with Crippen LogP contribution in [0.15, 0.2) is 71.4 Å². The zero-order valence-electron chi connectivity index (χ0n) is 17.4. The number of hydrogen-bond acceptors (Lipinski definition) is 4. The van der Waals surface area contributed by atoms with E-state index in [2.05, 4.69) is 56.6 Å². The minimum atomic E-state index is -0.580. The third kappa shape index (κ3) is 5.60. The number of nitrogens with one attached hydrogen (secondary N) is 2. The fourth-order valence-electron chi connectivity index (χ4n) is 4.02. The van der Waals surface area contributed by atoms with Crippen LogP contribution in [0.3, 0.4) is 0 Å². The van der Waals surface area contributed by atoms with Crippen molar-refractivity contribution in [2.75, 3.05) is 19.6 Å². The van der Waals surface area contributed by atoms with Crippen molar-refractivity contribution < 1.29 is 9.59 Å². The number of rotatable bonds is 7. The minimum Gasteiger partial charge on any atom is -0.348 e. The van der Waals surface area contributed by atoms with Crippen LogP contribution in [-0.4, -0.2) is 36.3 Å². The second-order valence-corrected chi connectivity index (χ2v) is 8.54. The zero-order chi connectivity index (χ0) is 21.5. The summed E-state index contributed by atoms with van der Waals surface area (Å²) in [5.41, 5.74) is 5.03. The van der Waals surface area contributed by atoms with Gasteiger partial charge in [0.1, 0.15) is 0 Å². The highest BCUT2D eigenvalue weighted by Crippen LogP contribution is 2.28. The maximum Gasteiger partial charge on any atom is 0.309 e. The van der Waals surface area contributed by atoms with E-state index in [0.29, 0.717) is 19.5 Å².